The lowest BCUT2D eigenvalue weighted by Gasteiger charge is -2.28. The number of aliphatic carboxylic acids is 1. The van der Waals surface area contributed by atoms with Crippen LogP contribution in [0.4, 0.5) is 26.3 Å². The number of alkyl halides is 6. The lowest BCUT2D eigenvalue weighted by Crippen LogP contribution is -2.39. The van der Waals surface area contributed by atoms with Gasteiger partial charge in [0.15, 0.2) is 0 Å². The maximum atomic E-state index is 13.2. The number of halogens is 8. The van der Waals surface area contributed by atoms with Crippen LogP contribution in [0.2, 0.25) is 10.0 Å². The SMILES string of the molecule is C.C.CC(Oc1ccc(Cl)cc1-n1nc2ccccc2n1)(C(=O)O)c1cccc(C(F)(F)F)c1.CCOC(=O)C(Oc1ccc(Cl)cc1-n1nc2ccccc2n1)c1cccc(C(F)(F)F)c1. The number of hydrogen-bond acceptors (Lipinski definition) is 9. The van der Waals surface area contributed by atoms with Crippen molar-refractivity contribution in [2.24, 2.45) is 0 Å². The molecule has 350 valence electrons. The molecule has 0 radical (unpaired) electrons. The van der Waals surface area contributed by atoms with E-state index in [1.807, 2.05) is 0 Å². The van der Waals surface area contributed by atoms with Crippen molar-refractivity contribution in [2.45, 2.75) is 52.8 Å². The van der Waals surface area contributed by atoms with Crippen molar-refractivity contribution in [3.8, 4) is 22.9 Å². The van der Waals surface area contributed by atoms with E-state index in [1.165, 1.54) is 71.1 Å². The highest BCUT2D eigenvalue weighted by Gasteiger charge is 2.41. The predicted octanol–water partition coefficient (Wildman–Crippen LogP) is 12.5. The number of carboxylic acid groups (broad SMARTS) is 1. The van der Waals surface area contributed by atoms with Crippen molar-refractivity contribution in [3.05, 3.63) is 166 Å². The number of carboxylic acids is 1. The summed E-state index contributed by atoms with van der Waals surface area (Å²) >= 11 is 12.3. The standard InChI is InChI=1S/C23H17ClF3N3O3.C22H15ClF3N3O3.2CH4/c1-2-32-22(31)21(14-6-5-7-15(12-14)23(25,26)27)33-20-11-10-16(24)13-19(20)30-28-17-8-3-4-9-18(17)29-30;1-21(20(30)31,13-5-4-6-14(11-13)22(24,25)26)32-19-10-9-15(23)12-18(19)29-27-16-7-2-3-8-17(16)28-29;;/h3-13,21H,2H2,1H3;2-12H,1H3,(H,30,31);2*1H4. The largest absolute Gasteiger partial charge is 0.478 e. The Kier molecular flexibility index (Phi) is 15.6. The average Bonchev–Trinajstić information content (AvgIpc) is 3.91. The lowest BCUT2D eigenvalue weighted by atomic mass is 9.94. The number of esters is 1. The number of nitrogens with zero attached hydrogens (tertiary/aromatic N) is 6. The van der Waals surface area contributed by atoms with Crippen molar-refractivity contribution >= 4 is 57.2 Å². The Morgan fingerprint density at radius 1 is 0.612 bits per heavy atom. The zero-order chi connectivity index (χ0) is 46.7. The molecule has 0 spiro atoms. The summed E-state index contributed by atoms with van der Waals surface area (Å²) < 4.78 is 96.1. The summed E-state index contributed by atoms with van der Waals surface area (Å²) in [5.74, 6) is -2.15. The molecule has 8 aromatic rings. The number of carbonyl (C=O) groups excluding carboxylic acids is 1. The molecule has 0 saturated heterocycles. The molecule has 2 aromatic heterocycles. The van der Waals surface area contributed by atoms with Crippen LogP contribution in [-0.4, -0.2) is 53.6 Å². The Balaban J connectivity index is 0.000000244. The third-order valence-electron chi connectivity index (χ3n) is 9.57. The fourth-order valence-corrected chi connectivity index (χ4v) is 6.66. The summed E-state index contributed by atoms with van der Waals surface area (Å²) in [6, 6.07) is 31.5. The van der Waals surface area contributed by atoms with Crippen LogP contribution in [0.1, 0.15) is 57.1 Å². The number of ether oxygens (including phenoxy) is 3. The molecule has 2 unspecified atom stereocenters. The summed E-state index contributed by atoms with van der Waals surface area (Å²) in [6.07, 6.45) is -10.7. The Hall–Kier alpha value is -7.18. The van der Waals surface area contributed by atoms with Crippen LogP contribution in [-0.2, 0) is 32.3 Å². The zero-order valence-corrected chi connectivity index (χ0v) is 35.2. The first kappa shape index (κ1) is 50.8. The van der Waals surface area contributed by atoms with Crippen molar-refractivity contribution in [2.75, 3.05) is 6.61 Å². The molecule has 0 bridgehead atoms. The summed E-state index contributed by atoms with van der Waals surface area (Å²) in [5, 5.41) is 28.1. The molecule has 0 aliphatic heterocycles. The second-order valence-electron chi connectivity index (χ2n) is 14.1. The zero-order valence-electron chi connectivity index (χ0n) is 33.7. The van der Waals surface area contributed by atoms with E-state index in [1.54, 1.807) is 55.5 Å². The van der Waals surface area contributed by atoms with Gasteiger partial charge in [0.25, 0.3) is 0 Å². The van der Waals surface area contributed by atoms with Gasteiger partial charge in [-0.1, -0.05) is 86.6 Å². The summed E-state index contributed by atoms with van der Waals surface area (Å²) in [5.41, 5.74) is -1.30. The number of carbonyl (C=O) groups is 2. The minimum Gasteiger partial charge on any atom is -0.478 e. The molecule has 0 aliphatic rings. The Morgan fingerprint density at radius 3 is 1.51 bits per heavy atom. The lowest BCUT2D eigenvalue weighted by molar-refractivity contribution is -0.155. The molecule has 2 heterocycles. The van der Waals surface area contributed by atoms with E-state index in [0.717, 1.165) is 30.3 Å². The number of benzene rings is 6. The van der Waals surface area contributed by atoms with Gasteiger partial charge in [-0.25, -0.2) is 9.59 Å². The fourth-order valence-electron chi connectivity index (χ4n) is 6.33. The molecule has 67 heavy (non-hydrogen) atoms. The third-order valence-corrected chi connectivity index (χ3v) is 10.0. The second kappa shape index (κ2) is 20.6. The smallest absolute Gasteiger partial charge is 0.416 e. The maximum Gasteiger partial charge on any atom is 0.416 e. The highest BCUT2D eigenvalue weighted by molar-refractivity contribution is 6.31. The van der Waals surface area contributed by atoms with Gasteiger partial charge in [0.05, 0.1) is 17.7 Å². The van der Waals surface area contributed by atoms with Gasteiger partial charge in [-0.05, 0) is 98.8 Å². The summed E-state index contributed by atoms with van der Waals surface area (Å²) in [7, 11) is 0. The van der Waals surface area contributed by atoms with E-state index in [2.05, 4.69) is 20.4 Å². The molecule has 6 aromatic carbocycles. The number of aromatic nitrogens is 6. The van der Waals surface area contributed by atoms with Gasteiger partial charge in [-0.15, -0.1) is 30.0 Å². The molecular weight excluding hydrogens is 929 g/mol. The summed E-state index contributed by atoms with van der Waals surface area (Å²) in [4.78, 5) is 27.4. The molecule has 2 atom stereocenters. The van der Waals surface area contributed by atoms with Crippen molar-refractivity contribution < 1.29 is 55.2 Å². The predicted molar refractivity (Wildman–Crippen MR) is 240 cm³/mol. The topological polar surface area (TPSA) is 143 Å². The molecule has 20 heteroatoms. The Morgan fingerprint density at radius 2 is 1.04 bits per heavy atom. The molecule has 1 N–H and O–H groups in total. The van der Waals surface area contributed by atoms with Crippen LogP contribution in [0.25, 0.3) is 33.4 Å². The van der Waals surface area contributed by atoms with E-state index in [0.29, 0.717) is 37.8 Å². The van der Waals surface area contributed by atoms with Gasteiger partial charge < -0.3 is 19.3 Å². The van der Waals surface area contributed by atoms with E-state index in [9.17, 15) is 41.0 Å². The van der Waals surface area contributed by atoms with Crippen molar-refractivity contribution in [1.29, 1.82) is 0 Å². The number of hydrogen-bond donors (Lipinski definition) is 1. The number of fused-ring (bicyclic) bond motifs is 2. The molecular formula is C47H40Cl2F6N6O6. The third kappa shape index (κ3) is 11.4. The van der Waals surface area contributed by atoms with Gasteiger partial charge in [-0.2, -0.15) is 26.3 Å². The monoisotopic (exact) mass is 968 g/mol. The van der Waals surface area contributed by atoms with Gasteiger partial charge in [0.2, 0.25) is 11.7 Å². The van der Waals surface area contributed by atoms with E-state index >= 15 is 0 Å². The molecule has 0 fully saturated rings. The van der Waals surface area contributed by atoms with Crippen LogP contribution in [0.15, 0.2) is 133 Å². The minimum absolute atomic E-state index is 0. The van der Waals surface area contributed by atoms with E-state index in [4.69, 9.17) is 37.4 Å². The molecule has 12 nitrogen and oxygen atoms in total. The van der Waals surface area contributed by atoms with Crippen LogP contribution in [0, 0.1) is 0 Å². The first-order chi connectivity index (χ1) is 30.8. The Bertz CT molecular complexity index is 2970. The van der Waals surface area contributed by atoms with Crippen molar-refractivity contribution in [3.63, 3.8) is 0 Å². The van der Waals surface area contributed by atoms with Gasteiger partial charge in [0.1, 0.15) is 44.9 Å². The second-order valence-corrected chi connectivity index (χ2v) is 14.9. The van der Waals surface area contributed by atoms with Crippen molar-refractivity contribution in [1.82, 2.24) is 30.0 Å². The first-order valence-electron chi connectivity index (χ1n) is 19.2. The molecule has 0 amide bonds. The van der Waals surface area contributed by atoms with Gasteiger partial charge in [0, 0.05) is 21.2 Å². The average molecular weight is 970 g/mol. The maximum absolute atomic E-state index is 13.2. The number of rotatable bonds is 11. The fraction of sp³-hybridized carbons (Fsp3) is 0.191. The quantitative estimate of drug-likeness (QED) is 0.0982. The van der Waals surface area contributed by atoms with E-state index in [-0.39, 0.29) is 49.8 Å². The van der Waals surface area contributed by atoms with Crippen LogP contribution in [0.3, 0.4) is 0 Å². The highest BCUT2D eigenvalue weighted by Crippen LogP contribution is 2.38. The van der Waals surface area contributed by atoms with E-state index < -0.39 is 47.1 Å². The first-order valence-corrected chi connectivity index (χ1v) is 19.9. The molecule has 0 aliphatic carbocycles. The van der Waals surface area contributed by atoms with Gasteiger partial charge >= 0.3 is 24.3 Å². The molecule has 0 saturated carbocycles. The normalized spacial score (nSPS) is 12.7. The Labute approximate surface area is 389 Å². The molecule has 8 rings (SSSR count). The van der Waals surface area contributed by atoms with Crippen LogP contribution in [0.5, 0.6) is 11.5 Å². The van der Waals surface area contributed by atoms with Crippen LogP contribution >= 0.6 is 23.2 Å². The highest BCUT2D eigenvalue weighted by atomic mass is 35.5. The van der Waals surface area contributed by atoms with Crippen LogP contribution < -0.4 is 9.47 Å². The summed E-state index contributed by atoms with van der Waals surface area (Å²) in [6.45, 7) is 2.79. The van der Waals surface area contributed by atoms with Gasteiger partial charge in [-0.3, -0.25) is 0 Å². The minimum atomic E-state index is -4.64.